The van der Waals surface area contributed by atoms with Crippen molar-refractivity contribution >= 4 is 11.6 Å². The highest BCUT2D eigenvalue weighted by molar-refractivity contribution is 5.44. The van der Waals surface area contributed by atoms with Crippen LogP contribution in [0, 0.1) is 6.92 Å². The first-order chi connectivity index (χ1) is 9.24. The van der Waals surface area contributed by atoms with Crippen LogP contribution in [-0.2, 0) is 13.5 Å². The predicted octanol–water partition coefficient (Wildman–Crippen LogP) is 1.43. The second kappa shape index (κ2) is 4.72. The summed E-state index contributed by atoms with van der Waals surface area (Å²) in [5.74, 6) is 1.70. The third-order valence-electron chi connectivity index (χ3n) is 3.10. The van der Waals surface area contributed by atoms with Crippen LogP contribution in [0.1, 0.15) is 11.5 Å². The summed E-state index contributed by atoms with van der Waals surface area (Å²) in [6.45, 7) is 2.78. The third-order valence-corrected chi connectivity index (χ3v) is 3.10. The fourth-order valence-electron chi connectivity index (χ4n) is 2.03. The molecule has 6 nitrogen and oxygen atoms in total. The minimum absolute atomic E-state index is 0.656. The lowest BCUT2D eigenvalue weighted by Crippen LogP contribution is -2.09. The molecule has 6 heteroatoms. The maximum Gasteiger partial charge on any atom is 0.243 e. The Kier molecular flexibility index (Phi) is 2.91. The maximum absolute atomic E-state index is 4.43. The Hall–Kier alpha value is -2.37. The van der Waals surface area contributed by atoms with E-state index in [0.29, 0.717) is 5.95 Å². The van der Waals surface area contributed by atoms with Crippen molar-refractivity contribution < 1.29 is 0 Å². The van der Waals surface area contributed by atoms with Gasteiger partial charge in [-0.15, -0.1) is 5.10 Å². The van der Waals surface area contributed by atoms with Gasteiger partial charge in [0.1, 0.15) is 5.82 Å². The van der Waals surface area contributed by atoms with E-state index in [0.717, 1.165) is 30.1 Å². The van der Waals surface area contributed by atoms with Crippen LogP contribution in [-0.4, -0.2) is 30.7 Å². The molecule has 1 N–H and O–H groups in total. The van der Waals surface area contributed by atoms with Gasteiger partial charge in [-0.2, -0.15) is 4.98 Å². The van der Waals surface area contributed by atoms with Crippen LogP contribution in [0.15, 0.2) is 30.6 Å². The molecule has 0 amide bonds. The van der Waals surface area contributed by atoms with Gasteiger partial charge in [-0.25, -0.2) is 9.50 Å². The molecule has 0 spiro atoms. The van der Waals surface area contributed by atoms with E-state index in [-0.39, 0.29) is 0 Å². The van der Waals surface area contributed by atoms with Crippen molar-refractivity contribution in [2.24, 2.45) is 7.05 Å². The molecular weight excluding hydrogens is 240 g/mol. The van der Waals surface area contributed by atoms with Gasteiger partial charge in [-0.05, 0) is 19.1 Å². The zero-order chi connectivity index (χ0) is 13.2. The molecule has 0 aliphatic heterocycles. The molecule has 0 atom stereocenters. The molecule has 3 aromatic heterocycles. The molecule has 3 aromatic rings. The van der Waals surface area contributed by atoms with Crippen LogP contribution in [0.3, 0.4) is 0 Å². The monoisotopic (exact) mass is 256 g/mol. The number of aromatic nitrogens is 5. The molecule has 3 rings (SSSR count). The van der Waals surface area contributed by atoms with Gasteiger partial charge in [0, 0.05) is 38.1 Å². The van der Waals surface area contributed by atoms with Crippen molar-refractivity contribution in [3.8, 4) is 0 Å². The SMILES string of the molecule is Cc1cccc2nc(NCCc3nccn3C)nn12. The van der Waals surface area contributed by atoms with Crippen LogP contribution < -0.4 is 5.32 Å². The van der Waals surface area contributed by atoms with Gasteiger partial charge in [0.25, 0.3) is 0 Å². The number of aryl methyl sites for hydroxylation is 2. The average Bonchev–Trinajstić information content (AvgIpc) is 2.97. The number of anilines is 1. The Balaban J connectivity index is 1.69. The second-order valence-corrected chi connectivity index (χ2v) is 4.50. The fourth-order valence-corrected chi connectivity index (χ4v) is 2.03. The van der Waals surface area contributed by atoms with E-state index in [9.17, 15) is 0 Å². The van der Waals surface area contributed by atoms with Gasteiger partial charge in [0.2, 0.25) is 5.95 Å². The summed E-state index contributed by atoms with van der Waals surface area (Å²) in [7, 11) is 1.99. The Bertz CT molecular complexity index is 696. The summed E-state index contributed by atoms with van der Waals surface area (Å²) in [5, 5.41) is 7.65. The van der Waals surface area contributed by atoms with Crippen molar-refractivity contribution in [1.82, 2.24) is 24.1 Å². The molecule has 0 fully saturated rings. The van der Waals surface area contributed by atoms with E-state index >= 15 is 0 Å². The van der Waals surface area contributed by atoms with Gasteiger partial charge in [0.05, 0.1) is 0 Å². The number of rotatable bonds is 4. The molecule has 19 heavy (non-hydrogen) atoms. The first-order valence-electron chi connectivity index (χ1n) is 6.26. The average molecular weight is 256 g/mol. The van der Waals surface area contributed by atoms with Crippen LogP contribution in [0.4, 0.5) is 5.95 Å². The molecule has 0 radical (unpaired) electrons. The highest BCUT2D eigenvalue weighted by Gasteiger charge is 2.05. The van der Waals surface area contributed by atoms with E-state index in [1.807, 2.05) is 53.6 Å². The Labute approximate surface area is 111 Å². The van der Waals surface area contributed by atoms with Crippen molar-refractivity contribution in [2.75, 3.05) is 11.9 Å². The largest absolute Gasteiger partial charge is 0.352 e. The van der Waals surface area contributed by atoms with Crippen LogP contribution in [0.25, 0.3) is 5.65 Å². The van der Waals surface area contributed by atoms with Crippen LogP contribution in [0.5, 0.6) is 0 Å². The number of hydrogen-bond acceptors (Lipinski definition) is 4. The van der Waals surface area contributed by atoms with Gasteiger partial charge in [0.15, 0.2) is 5.65 Å². The smallest absolute Gasteiger partial charge is 0.243 e. The molecule has 0 saturated heterocycles. The lowest BCUT2D eigenvalue weighted by atomic mass is 10.4. The molecule has 0 aromatic carbocycles. The molecule has 98 valence electrons. The van der Waals surface area contributed by atoms with E-state index in [4.69, 9.17) is 0 Å². The van der Waals surface area contributed by atoms with E-state index < -0.39 is 0 Å². The topological polar surface area (TPSA) is 60.0 Å². The van der Waals surface area contributed by atoms with Crippen molar-refractivity contribution in [1.29, 1.82) is 0 Å². The summed E-state index contributed by atoms with van der Waals surface area (Å²) < 4.78 is 3.85. The second-order valence-electron chi connectivity index (χ2n) is 4.50. The first-order valence-corrected chi connectivity index (χ1v) is 6.26. The molecule has 0 saturated carbocycles. The molecule has 0 bridgehead atoms. The van der Waals surface area contributed by atoms with E-state index in [1.54, 1.807) is 0 Å². The quantitative estimate of drug-likeness (QED) is 0.767. The standard InChI is InChI=1S/C13H16N6/c1-10-4-3-5-12-16-13(17-19(10)12)15-7-6-11-14-8-9-18(11)2/h3-5,8-9H,6-7H2,1-2H3,(H,15,17). The summed E-state index contributed by atoms with van der Waals surface area (Å²) >= 11 is 0. The lowest BCUT2D eigenvalue weighted by molar-refractivity contribution is 0.786. The van der Waals surface area contributed by atoms with Gasteiger partial charge in [-0.3, -0.25) is 0 Å². The minimum atomic E-state index is 0.656. The molecule has 0 aliphatic carbocycles. The summed E-state index contributed by atoms with van der Waals surface area (Å²) in [5.41, 5.74) is 1.93. The Morgan fingerprint density at radius 1 is 1.32 bits per heavy atom. The number of nitrogens with zero attached hydrogens (tertiary/aromatic N) is 5. The number of hydrogen-bond donors (Lipinski definition) is 1. The van der Waals surface area contributed by atoms with Crippen molar-refractivity contribution in [3.63, 3.8) is 0 Å². The van der Waals surface area contributed by atoms with Gasteiger partial charge in [-0.1, -0.05) is 6.07 Å². The zero-order valence-electron chi connectivity index (χ0n) is 11.0. The predicted molar refractivity (Wildman–Crippen MR) is 73.1 cm³/mol. The Morgan fingerprint density at radius 2 is 2.21 bits per heavy atom. The summed E-state index contributed by atoms with van der Waals surface area (Å²) in [6.07, 6.45) is 4.60. The summed E-state index contributed by atoms with van der Waals surface area (Å²) in [4.78, 5) is 8.71. The van der Waals surface area contributed by atoms with Gasteiger partial charge >= 0.3 is 0 Å². The van der Waals surface area contributed by atoms with Crippen LogP contribution >= 0.6 is 0 Å². The molecular formula is C13H16N6. The summed E-state index contributed by atoms with van der Waals surface area (Å²) in [6, 6.07) is 5.94. The van der Waals surface area contributed by atoms with E-state index in [2.05, 4.69) is 20.4 Å². The molecule has 3 heterocycles. The first kappa shape index (κ1) is 11.7. The highest BCUT2D eigenvalue weighted by Crippen LogP contribution is 2.08. The Morgan fingerprint density at radius 3 is 2.95 bits per heavy atom. The molecule has 0 unspecified atom stereocenters. The zero-order valence-corrected chi connectivity index (χ0v) is 11.0. The van der Waals surface area contributed by atoms with Gasteiger partial charge < -0.3 is 9.88 Å². The minimum Gasteiger partial charge on any atom is -0.352 e. The normalized spacial score (nSPS) is 11.1. The number of nitrogens with one attached hydrogen (secondary N) is 1. The maximum atomic E-state index is 4.43. The number of imidazole rings is 1. The van der Waals surface area contributed by atoms with E-state index in [1.165, 1.54) is 0 Å². The fraction of sp³-hybridized carbons (Fsp3) is 0.308. The van der Waals surface area contributed by atoms with Crippen molar-refractivity contribution in [2.45, 2.75) is 13.3 Å². The lowest BCUT2D eigenvalue weighted by Gasteiger charge is -2.02. The third kappa shape index (κ3) is 2.29. The number of fused-ring (bicyclic) bond motifs is 1. The highest BCUT2D eigenvalue weighted by atomic mass is 15.3. The van der Waals surface area contributed by atoms with Crippen molar-refractivity contribution in [3.05, 3.63) is 42.1 Å². The van der Waals surface area contributed by atoms with Crippen LogP contribution in [0.2, 0.25) is 0 Å². The molecule has 0 aliphatic rings. The number of pyridine rings is 1.